The summed E-state index contributed by atoms with van der Waals surface area (Å²) in [6, 6.07) is 10.8. The Bertz CT molecular complexity index is 873. The summed E-state index contributed by atoms with van der Waals surface area (Å²) in [6.07, 6.45) is 3.30. The van der Waals surface area contributed by atoms with Crippen LogP contribution in [0.15, 0.2) is 36.4 Å². The zero-order valence-electron chi connectivity index (χ0n) is 14.9. The number of esters is 1. The first-order valence-corrected chi connectivity index (χ1v) is 9.02. The van der Waals surface area contributed by atoms with Crippen molar-refractivity contribution in [3.8, 4) is 17.2 Å². The van der Waals surface area contributed by atoms with Crippen LogP contribution in [-0.2, 0) is 22.4 Å². The summed E-state index contributed by atoms with van der Waals surface area (Å²) in [6.45, 7) is 0.362. The van der Waals surface area contributed by atoms with Gasteiger partial charge in [0.1, 0.15) is 19.0 Å². The third-order valence-electron chi connectivity index (χ3n) is 4.66. The second-order valence-electron chi connectivity index (χ2n) is 6.52. The third kappa shape index (κ3) is 4.05. The summed E-state index contributed by atoms with van der Waals surface area (Å²) in [4.78, 5) is 24.1. The van der Waals surface area contributed by atoms with Crippen molar-refractivity contribution in [1.29, 1.82) is 0 Å². The maximum atomic E-state index is 12.2. The van der Waals surface area contributed by atoms with E-state index in [9.17, 15) is 9.59 Å². The summed E-state index contributed by atoms with van der Waals surface area (Å²) < 4.78 is 21.4. The van der Waals surface area contributed by atoms with Gasteiger partial charge >= 0.3 is 5.97 Å². The summed E-state index contributed by atoms with van der Waals surface area (Å²) in [5.41, 5.74) is 3.02. The van der Waals surface area contributed by atoms with E-state index in [1.165, 1.54) is 11.1 Å². The number of Topliss-reactive ketones (excluding diaryl/α,β-unsaturated/α-hetero) is 1. The molecule has 0 saturated heterocycles. The van der Waals surface area contributed by atoms with Crippen LogP contribution in [0.1, 0.15) is 27.9 Å². The van der Waals surface area contributed by atoms with E-state index < -0.39 is 5.97 Å². The van der Waals surface area contributed by atoms with Gasteiger partial charge in [0.05, 0.1) is 0 Å². The molecule has 140 valence electrons. The van der Waals surface area contributed by atoms with E-state index in [0.29, 0.717) is 36.0 Å². The standard InChI is InChI=1S/C21H20O6/c22-18(16-5-7-19-20(11-16)25-9-8-24-19)12-27-21(23)13-26-17-6-4-14-2-1-3-15(14)10-17/h4-7,10-11H,1-3,8-9,12-13H2. The second-order valence-corrected chi connectivity index (χ2v) is 6.52. The zero-order valence-corrected chi connectivity index (χ0v) is 14.9. The Morgan fingerprint density at radius 2 is 1.70 bits per heavy atom. The van der Waals surface area contributed by atoms with Crippen LogP contribution in [0.3, 0.4) is 0 Å². The molecule has 2 aromatic rings. The maximum Gasteiger partial charge on any atom is 0.344 e. The zero-order chi connectivity index (χ0) is 18.6. The van der Waals surface area contributed by atoms with Crippen molar-refractivity contribution >= 4 is 11.8 Å². The fourth-order valence-electron chi connectivity index (χ4n) is 3.27. The lowest BCUT2D eigenvalue weighted by Crippen LogP contribution is -2.20. The summed E-state index contributed by atoms with van der Waals surface area (Å²) in [5.74, 6) is 0.890. The van der Waals surface area contributed by atoms with Crippen LogP contribution in [0.2, 0.25) is 0 Å². The highest BCUT2D eigenvalue weighted by Gasteiger charge is 2.17. The van der Waals surface area contributed by atoms with Crippen LogP contribution < -0.4 is 14.2 Å². The van der Waals surface area contributed by atoms with E-state index in [1.807, 2.05) is 18.2 Å². The number of fused-ring (bicyclic) bond motifs is 2. The number of hydrogen-bond acceptors (Lipinski definition) is 6. The van der Waals surface area contributed by atoms with Gasteiger partial charge in [-0.1, -0.05) is 6.07 Å². The van der Waals surface area contributed by atoms with Crippen molar-refractivity contribution < 1.29 is 28.5 Å². The van der Waals surface area contributed by atoms with Crippen LogP contribution in [-0.4, -0.2) is 38.2 Å². The van der Waals surface area contributed by atoms with Gasteiger partial charge in [0.15, 0.2) is 30.5 Å². The van der Waals surface area contributed by atoms with Crippen molar-refractivity contribution in [1.82, 2.24) is 0 Å². The van der Waals surface area contributed by atoms with E-state index in [-0.39, 0.29) is 19.0 Å². The Morgan fingerprint density at radius 3 is 2.59 bits per heavy atom. The number of aryl methyl sites for hydroxylation is 2. The molecular formula is C21H20O6. The summed E-state index contributed by atoms with van der Waals surface area (Å²) in [5, 5.41) is 0. The van der Waals surface area contributed by atoms with E-state index in [1.54, 1.807) is 18.2 Å². The molecule has 1 aliphatic carbocycles. The Labute approximate surface area is 157 Å². The first kappa shape index (κ1) is 17.4. The van der Waals surface area contributed by atoms with Crippen LogP contribution in [0.5, 0.6) is 17.2 Å². The molecule has 0 N–H and O–H groups in total. The molecule has 0 atom stereocenters. The number of benzene rings is 2. The molecule has 0 radical (unpaired) electrons. The Balaban J connectivity index is 1.27. The highest BCUT2D eigenvalue weighted by molar-refractivity contribution is 5.98. The van der Waals surface area contributed by atoms with Gasteiger partial charge in [-0.05, 0) is 60.7 Å². The van der Waals surface area contributed by atoms with Gasteiger partial charge in [-0.25, -0.2) is 4.79 Å². The second kappa shape index (κ2) is 7.70. The van der Waals surface area contributed by atoms with Crippen LogP contribution >= 0.6 is 0 Å². The smallest absolute Gasteiger partial charge is 0.344 e. The first-order valence-electron chi connectivity index (χ1n) is 9.02. The SMILES string of the molecule is O=C(COc1ccc2c(c1)CCC2)OCC(=O)c1ccc2c(c1)OCCO2. The number of carbonyl (C=O) groups excluding carboxylic acids is 2. The number of hydrogen-bond donors (Lipinski definition) is 0. The molecule has 1 aliphatic heterocycles. The minimum absolute atomic E-state index is 0.229. The monoisotopic (exact) mass is 368 g/mol. The average molecular weight is 368 g/mol. The molecule has 0 bridgehead atoms. The molecule has 0 unspecified atom stereocenters. The molecule has 27 heavy (non-hydrogen) atoms. The predicted molar refractivity (Wildman–Crippen MR) is 96.7 cm³/mol. The number of ketones is 1. The van der Waals surface area contributed by atoms with Crippen LogP contribution in [0.25, 0.3) is 0 Å². The lowest BCUT2D eigenvalue weighted by molar-refractivity contribution is -0.144. The fourth-order valence-corrected chi connectivity index (χ4v) is 3.27. The minimum atomic E-state index is -0.582. The van der Waals surface area contributed by atoms with Crippen LogP contribution in [0, 0.1) is 0 Å². The van der Waals surface area contributed by atoms with Gasteiger partial charge < -0.3 is 18.9 Å². The molecule has 0 spiro atoms. The highest BCUT2D eigenvalue weighted by atomic mass is 16.6. The largest absolute Gasteiger partial charge is 0.486 e. The lowest BCUT2D eigenvalue weighted by atomic mass is 10.1. The minimum Gasteiger partial charge on any atom is -0.486 e. The Morgan fingerprint density at radius 1 is 0.889 bits per heavy atom. The van der Waals surface area contributed by atoms with Gasteiger partial charge in [0, 0.05) is 5.56 Å². The molecule has 6 heteroatoms. The number of carbonyl (C=O) groups is 2. The molecular weight excluding hydrogens is 348 g/mol. The number of rotatable bonds is 6. The van der Waals surface area contributed by atoms with Crippen molar-refractivity contribution in [2.75, 3.05) is 26.4 Å². The molecule has 1 heterocycles. The molecule has 0 fully saturated rings. The normalized spacial score (nSPS) is 14.4. The molecule has 2 aromatic carbocycles. The van der Waals surface area contributed by atoms with Gasteiger partial charge in [0.2, 0.25) is 0 Å². The van der Waals surface area contributed by atoms with Crippen molar-refractivity contribution in [3.05, 3.63) is 53.1 Å². The van der Waals surface area contributed by atoms with Crippen molar-refractivity contribution in [2.45, 2.75) is 19.3 Å². The van der Waals surface area contributed by atoms with E-state index >= 15 is 0 Å². The quantitative estimate of drug-likeness (QED) is 0.577. The molecule has 6 nitrogen and oxygen atoms in total. The first-order chi connectivity index (χ1) is 13.2. The summed E-state index contributed by atoms with van der Waals surface area (Å²) >= 11 is 0. The molecule has 0 aromatic heterocycles. The number of ether oxygens (including phenoxy) is 4. The summed E-state index contributed by atoms with van der Waals surface area (Å²) in [7, 11) is 0. The molecule has 4 rings (SSSR count). The van der Waals surface area contributed by atoms with Gasteiger partial charge in [-0.3, -0.25) is 4.79 Å². The van der Waals surface area contributed by atoms with Gasteiger partial charge in [-0.15, -0.1) is 0 Å². The van der Waals surface area contributed by atoms with Gasteiger partial charge in [-0.2, -0.15) is 0 Å². The topological polar surface area (TPSA) is 71.1 Å². The maximum absolute atomic E-state index is 12.2. The van der Waals surface area contributed by atoms with Crippen molar-refractivity contribution in [2.24, 2.45) is 0 Å². The molecule has 0 saturated carbocycles. The van der Waals surface area contributed by atoms with E-state index in [0.717, 1.165) is 19.3 Å². The van der Waals surface area contributed by atoms with Crippen molar-refractivity contribution in [3.63, 3.8) is 0 Å². The fraction of sp³-hybridized carbons (Fsp3) is 0.333. The molecule has 2 aliphatic rings. The average Bonchev–Trinajstić information content (AvgIpc) is 3.18. The Kier molecular flexibility index (Phi) is 4.96. The van der Waals surface area contributed by atoms with E-state index in [4.69, 9.17) is 18.9 Å². The third-order valence-corrected chi connectivity index (χ3v) is 4.66. The predicted octanol–water partition coefficient (Wildman–Crippen LogP) is 2.75. The van der Waals surface area contributed by atoms with E-state index in [2.05, 4.69) is 0 Å². The molecule has 0 amide bonds. The van der Waals surface area contributed by atoms with Crippen LogP contribution in [0.4, 0.5) is 0 Å². The Hall–Kier alpha value is -3.02. The van der Waals surface area contributed by atoms with Gasteiger partial charge in [0.25, 0.3) is 0 Å². The highest BCUT2D eigenvalue weighted by Crippen LogP contribution is 2.31. The lowest BCUT2D eigenvalue weighted by Gasteiger charge is -2.18.